The van der Waals surface area contributed by atoms with Gasteiger partial charge in [0.15, 0.2) is 0 Å². The van der Waals surface area contributed by atoms with Gasteiger partial charge in [0.05, 0.1) is 23.8 Å². The van der Waals surface area contributed by atoms with Crippen LogP contribution in [0.25, 0.3) is 11.1 Å². The zero-order chi connectivity index (χ0) is 47.1. The number of sulfone groups is 1. The van der Waals surface area contributed by atoms with Crippen LogP contribution in [-0.2, 0) is 24.6 Å². The van der Waals surface area contributed by atoms with Crippen LogP contribution in [0.2, 0.25) is 5.02 Å². The highest BCUT2D eigenvalue weighted by molar-refractivity contribution is 7.99. The number of thioether (sulfide) groups is 1. The van der Waals surface area contributed by atoms with E-state index in [1.54, 1.807) is 12.1 Å². The van der Waals surface area contributed by atoms with Gasteiger partial charge in [0.1, 0.15) is 4.90 Å². The molecule has 7 rings (SSSR count). The molecular weight excluding hydrogens is 967 g/mol. The number of nitrogens with zero attached hydrogens (tertiary/aromatic N) is 3. The van der Waals surface area contributed by atoms with Gasteiger partial charge in [-0.05, 0) is 123 Å². The van der Waals surface area contributed by atoms with Crippen molar-refractivity contribution in [2.24, 2.45) is 5.92 Å². The first-order valence-electron chi connectivity index (χ1n) is 21.6. The van der Waals surface area contributed by atoms with Gasteiger partial charge in [0.2, 0.25) is 0 Å². The minimum Gasteiger partial charge on any atom is -0.380 e. The monoisotopic (exact) mass is 1020 g/mol. The van der Waals surface area contributed by atoms with Gasteiger partial charge in [0, 0.05) is 71.7 Å². The molecule has 67 heavy (non-hydrogen) atoms. The Hall–Kier alpha value is -4.33. The Morgan fingerprint density at radius 3 is 2.13 bits per heavy atom. The summed E-state index contributed by atoms with van der Waals surface area (Å²) in [4.78, 5) is 18.8. The van der Waals surface area contributed by atoms with Gasteiger partial charge in [-0.15, -0.1) is 24.2 Å². The zero-order valence-electron chi connectivity index (χ0n) is 37.0. The molecule has 0 unspecified atom stereocenters. The summed E-state index contributed by atoms with van der Waals surface area (Å²) in [6, 6.07) is 34.1. The lowest BCUT2D eigenvalue weighted by atomic mass is 9.81. The Labute approximate surface area is 406 Å². The third kappa shape index (κ3) is 13.1. The summed E-state index contributed by atoms with van der Waals surface area (Å²) < 4.78 is 103. The summed E-state index contributed by atoms with van der Waals surface area (Å²) in [6.07, 6.45) is 2.22. The third-order valence-corrected chi connectivity index (χ3v) is 16.3. The first-order chi connectivity index (χ1) is 31.5. The fourth-order valence-corrected chi connectivity index (χ4v) is 11.7. The Kier molecular flexibility index (Phi) is 17.8. The van der Waals surface area contributed by atoms with E-state index in [2.05, 4.69) is 52.3 Å². The average Bonchev–Trinajstić information content (AvgIpc) is 3.31. The van der Waals surface area contributed by atoms with Crippen molar-refractivity contribution in [2.45, 2.75) is 51.5 Å². The molecule has 2 atom stereocenters. The lowest BCUT2D eigenvalue weighted by Gasteiger charge is -2.40. The number of ether oxygens (including phenoxy) is 1. The highest BCUT2D eigenvalue weighted by Gasteiger charge is 2.48. The number of nitrogens with one attached hydrogen (secondary N) is 2. The van der Waals surface area contributed by atoms with Crippen molar-refractivity contribution in [2.75, 3.05) is 76.0 Å². The van der Waals surface area contributed by atoms with Gasteiger partial charge in [-0.1, -0.05) is 66.2 Å². The summed E-state index contributed by atoms with van der Waals surface area (Å²) in [6.45, 7) is 4.49. The van der Waals surface area contributed by atoms with E-state index < -0.39 is 52.8 Å². The van der Waals surface area contributed by atoms with Gasteiger partial charge in [0.25, 0.3) is 25.8 Å². The van der Waals surface area contributed by atoms with Crippen molar-refractivity contribution in [1.29, 1.82) is 0 Å². The van der Waals surface area contributed by atoms with Crippen molar-refractivity contribution in [1.82, 2.24) is 14.5 Å². The Morgan fingerprint density at radius 2 is 1.49 bits per heavy atom. The first kappa shape index (κ1) is 52.0. The smallest absolute Gasteiger partial charge is 0.380 e. The van der Waals surface area contributed by atoms with Crippen LogP contribution in [0.15, 0.2) is 136 Å². The van der Waals surface area contributed by atoms with Gasteiger partial charge in [-0.25, -0.2) is 21.6 Å². The number of amides is 1. The standard InChI is InChI=1S/C48H53ClF3N5O6S3.ClH/c1-55(2)46(43-11-7-6-10-42(43)34-12-16-37(49)17-13-34)35-22-26-57(27-23-35)39-18-14-36(15-19-39)47(58)54-66(61,62)41-20-21-44(45(32-41)65(59,60)48(50,51)52)53-38(24-25-56-28-30-63-31-29-56)33-64-40-8-4-3-5-9-40;/h3-21,32,35,38,46,53H,22-31,33H2,1-2H3,(H,54,58);1H/t38-,46-;/m1./s1. The van der Waals surface area contributed by atoms with Gasteiger partial charge < -0.3 is 19.9 Å². The lowest BCUT2D eigenvalue weighted by Crippen LogP contribution is -2.39. The van der Waals surface area contributed by atoms with E-state index in [0.29, 0.717) is 62.0 Å². The predicted octanol–water partition coefficient (Wildman–Crippen LogP) is 9.66. The van der Waals surface area contributed by atoms with Crippen LogP contribution < -0.4 is 14.9 Å². The van der Waals surface area contributed by atoms with Crippen molar-refractivity contribution < 1.29 is 39.5 Å². The molecule has 0 saturated carbocycles. The molecule has 2 aliphatic rings. The molecule has 0 aliphatic carbocycles. The molecule has 2 saturated heterocycles. The van der Waals surface area contributed by atoms with Crippen LogP contribution >= 0.6 is 35.8 Å². The first-order valence-corrected chi connectivity index (χ1v) is 26.0. The number of hydrogen-bond acceptors (Lipinski definition) is 11. The van der Waals surface area contributed by atoms with Crippen LogP contribution in [0.4, 0.5) is 24.5 Å². The van der Waals surface area contributed by atoms with E-state index >= 15 is 0 Å². The minimum absolute atomic E-state index is 0. The molecule has 360 valence electrons. The van der Waals surface area contributed by atoms with Crippen molar-refractivity contribution in [3.05, 3.63) is 137 Å². The number of carbonyl (C=O) groups is 1. The number of rotatable bonds is 17. The number of morpholine rings is 1. The Bertz CT molecular complexity index is 2650. The Balaban J connectivity index is 0.00000741. The highest BCUT2D eigenvalue weighted by atomic mass is 35.5. The third-order valence-electron chi connectivity index (χ3n) is 12.0. The molecular formula is C48H54Cl2F3N5O6S3. The van der Waals surface area contributed by atoms with Crippen LogP contribution in [0.3, 0.4) is 0 Å². The summed E-state index contributed by atoms with van der Waals surface area (Å²) in [7, 11) is -6.73. The number of sulfonamides is 1. The second-order valence-electron chi connectivity index (χ2n) is 16.6. The maximum Gasteiger partial charge on any atom is 0.501 e. The van der Waals surface area contributed by atoms with Gasteiger partial charge >= 0.3 is 5.51 Å². The van der Waals surface area contributed by atoms with Crippen LogP contribution in [0.1, 0.15) is 41.2 Å². The maximum absolute atomic E-state index is 14.2. The second-order valence-corrected chi connectivity index (χ2v) is 21.7. The molecule has 0 spiro atoms. The largest absolute Gasteiger partial charge is 0.501 e. The number of benzene rings is 5. The van der Waals surface area contributed by atoms with E-state index in [4.69, 9.17) is 16.3 Å². The fraction of sp³-hybridized carbons (Fsp3) is 0.354. The summed E-state index contributed by atoms with van der Waals surface area (Å²) >= 11 is 7.64. The molecule has 2 N–H and O–H groups in total. The van der Waals surface area contributed by atoms with Crippen LogP contribution in [0, 0.1) is 5.92 Å². The number of piperidine rings is 1. The van der Waals surface area contributed by atoms with Gasteiger partial charge in [-0.2, -0.15) is 13.2 Å². The van der Waals surface area contributed by atoms with Crippen molar-refractivity contribution >= 4 is 72.9 Å². The van der Waals surface area contributed by atoms with E-state index in [-0.39, 0.29) is 24.0 Å². The quantitative estimate of drug-likeness (QED) is 0.0865. The fourth-order valence-electron chi connectivity index (χ4n) is 8.57. The number of halogens is 5. The molecule has 1 amide bonds. The number of hydrogen-bond donors (Lipinski definition) is 2. The molecule has 0 aromatic heterocycles. The second kappa shape index (κ2) is 22.9. The Morgan fingerprint density at radius 1 is 0.851 bits per heavy atom. The normalized spacial score (nSPS) is 16.3. The maximum atomic E-state index is 14.2. The molecule has 2 fully saturated rings. The molecule has 5 aromatic carbocycles. The number of anilines is 2. The number of alkyl halides is 3. The predicted molar refractivity (Wildman–Crippen MR) is 263 cm³/mol. The minimum atomic E-state index is -6.06. The summed E-state index contributed by atoms with van der Waals surface area (Å²) in [5, 5.41) is 3.67. The van der Waals surface area contributed by atoms with E-state index in [1.165, 1.54) is 29.5 Å². The molecule has 5 aromatic rings. The van der Waals surface area contributed by atoms with E-state index in [9.17, 15) is 34.8 Å². The lowest BCUT2D eigenvalue weighted by molar-refractivity contribution is -0.0435. The van der Waals surface area contributed by atoms with E-state index in [1.807, 2.05) is 65.4 Å². The topological polar surface area (TPSA) is 128 Å². The highest BCUT2D eigenvalue weighted by Crippen LogP contribution is 2.41. The molecule has 0 radical (unpaired) electrons. The molecule has 11 nitrogen and oxygen atoms in total. The van der Waals surface area contributed by atoms with Crippen molar-refractivity contribution in [3.8, 4) is 11.1 Å². The SMILES string of the molecule is CN(C)[C@@H](c1ccccc1-c1ccc(Cl)cc1)C1CCN(c2ccc(C(=O)NS(=O)(=O)c3ccc(N[C@H](CCN4CCOCC4)CSc4ccccc4)c(S(=O)(=O)C(F)(F)F)c3)cc2)CC1.Cl. The zero-order valence-corrected chi connectivity index (χ0v) is 41.0. The van der Waals surface area contributed by atoms with Crippen LogP contribution in [-0.4, -0.2) is 110 Å². The molecule has 2 heterocycles. The van der Waals surface area contributed by atoms with Gasteiger partial charge in [-0.3, -0.25) is 9.69 Å². The molecule has 2 aliphatic heterocycles. The number of carbonyl (C=O) groups excluding carboxylic acids is 1. The van der Waals surface area contributed by atoms with Crippen molar-refractivity contribution in [3.63, 3.8) is 0 Å². The van der Waals surface area contributed by atoms with Crippen LogP contribution in [0.5, 0.6) is 0 Å². The summed E-state index contributed by atoms with van der Waals surface area (Å²) in [5.41, 5.74) is -1.84. The average molecular weight is 1020 g/mol. The molecule has 19 heteroatoms. The summed E-state index contributed by atoms with van der Waals surface area (Å²) in [5.74, 6) is -0.320. The van der Waals surface area contributed by atoms with E-state index in [0.717, 1.165) is 59.8 Å². The molecule has 0 bridgehead atoms.